The molecule has 0 spiro atoms. The molecule has 2 aromatic rings. The van der Waals surface area contributed by atoms with Crippen LogP contribution in [0.1, 0.15) is 64.1 Å². The normalized spacial score (nSPS) is 13.2. The van der Waals surface area contributed by atoms with Crippen LogP contribution < -0.4 is 0 Å². The molecule has 1 aliphatic rings. The number of ketones is 2. The number of rotatable bonds is 4. The SMILES string of the molecule is CC(C)CCCc1cccc2c1C(=O)c1ccccc1C2=O. The molecule has 0 amide bonds. The van der Waals surface area contributed by atoms with Gasteiger partial charge in [0.2, 0.25) is 0 Å². The number of fused-ring (bicyclic) bond motifs is 2. The van der Waals surface area contributed by atoms with Crippen molar-refractivity contribution in [3.63, 3.8) is 0 Å². The Morgan fingerprint density at radius 3 is 2.14 bits per heavy atom. The van der Waals surface area contributed by atoms with E-state index >= 15 is 0 Å². The minimum absolute atomic E-state index is 0.00894. The number of carbonyl (C=O) groups excluding carboxylic acids is 2. The molecule has 0 radical (unpaired) electrons. The van der Waals surface area contributed by atoms with Gasteiger partial charge in [-0.3, -0.25) is 9.59 Å². The predicted octanol–water partition coefficient (Wildman–Crippen LogP) is 4.44. The monoisotopic (exact) mass is 292 g/mol. The molecule has 0 saturated heterocycles. The van der Waals surface area contributed by atoms with Gasteiger partial charge in [0.05, 0.1) is 0 Å². The first-order valence-electron chi connectivity index (χ1n) is 7.90. The van der Waals surface area contributed by atoms with E-state index in [9.17, 15) is 9.59 Å². The molecular weight excluding hydrogens is 272 g/mol. The topological polar surface area (TPSA) is 34.1 Å². The summed E-state index contributed by atoms with van der Waals surface area (Å²) in [6, 6.07) is 12.8. The molecule has 0 unspecified atom stereocenters. The third-order valence-electron chi connectivity index (χ3n) is 4.27. The van der Waals surface area contributed by atoms with E-state index in [2.05, 4.69) is 13.8 Å². The maximum Gasteiger partial charge on any atom is 0.194 e. The minimum Gasteiger partial charge on any atom is -0.289 e. The lowest BCUT2D eigenvalue weighted by molar-refractivity contribution is 0.0978. The zero-order valence-electron chi connectivity index (χ0n) is 13.1. The van der Waals surface area contributed by atoms with Crippen LogP contribution in [-0.2, 0) is 6.42 Å². The first-order chi connectivity index (χ1) is 10.6. The maximum atomic E-state index is 12.8. The van der Waals surface area contributed by atoms with Crippen molar-refractivity contribution in [3.8, 4) is 0 Å². The van der Waals surface area contributed by atoms with Gasteiger partial charge < -0.3 is 0 Å². The van der Waals surface area contributed by atoms with Crippen molar-refractivity contribution in [2.24, 2.45) is 5.92 Å². The number of hydrogen-bond acceptors (Lipinski definition) is 2. The molecule has 0 saturated carbocycles. The van der Waals surface area contributed by atoms with Crippen LogP contribution in [0, 0.1) is 5.92 Å². The Kier molecular flexibility index (Phi) is 3.93. The summed E-state index contributed by atoms with van der Waals surface area (Å²) >= 11 is 0. The summed E-state index contributed by atoms with van der Waals surface area (Å²) in [6.07, 6.45) is 3.02. The molecular formula is C20H20O2. The van der Waals surface area contributed by atoms with Crippen molar-refractivity contribution in [2.75, 3.05) is 0 Å². The van der Waals surface area contributed by atoms with Crippen molar-refractivity contribution in [1.82, 2.24) is 0 Å². The van der Waals surface area contributed by atoms with E-state index in [0.717, 1.165) is 24.8 Å². The van der Waals surface area contributed by atoms with Gasteiger partial charge in [0.25, 0.3) is 0 Å². The lowest BCUT2D eigenvalue weighted by Gasteiger charge is -2.20. The molecule has 0 aromatic heterocycles. The van der Waals surface area contributed by atoms with Gasteiger partial charge in [-0.2, -0.15) is 0 Å². The van der Waals surface area contributed by atoms with Crippen LogP contribution in [0.15, 0.2) is 42.5 Å². The molecule has 22 heavy (non-hydrogen) atoms. The molecule has 2 aromatic carbocycles. The predicted molar refractivity (Wildman–Crippen MR) is 87.5 cm³/mol. The molecule has 0 N–H and O–H groups in total. The molecule has 0 heterocycles. The molecule has 0 fully saturated rings. The Morgan fingerprint density at radius 1 is 0.818 bits per heavy atom. The fourth-order valence-electron chi connectivity index (χ4n) is 3.13. The Hall–Kier alpha value is -2.22. The average molecular weight is 292 g/mol. The average Bonchev–Trinajstić information content (AvgIpc) is 2.52. The largest absolute Gasteiger partial charge is 0.289 e. The molecule has 0 bridgehead atoms. The molecule has 2 heteroatoms. The van der Waals surface area contributed by atoms with Crippen LogP contribution in [0.5, 0.6) is 0 Å². The highest BCUT2D eigenvalue weighted by Gasteiger charge is 2.30. The van der Waals surface area contributed by atoms with Crippen LogP contribution in [0.25, 0.3) is 0 Å². The zero-order chi connectivity index (χ0) is 15.7. The Balaban J connectivity index is 2.01. The number of aryl methyl sites for hydroxylation is 1. The summed E-state index contributed by atoms with van der Waals surface area (Å²) in [6.45, 7) is 4.40. The number of carbonyl (C=O) groups is 2. The highest BCUT2D eigenvalue weighted by Crippen LogP contribution is 2.30. The summed E-state index contributed by atoms with van der Waals surface area (Å²) in [7, 11) is 0. The Bertz CT molecular complexity index is 741. The highest BCUT2D eigenvalue weighted by molar-refractivity contribution is 6.28. The van der Waals surface area contributed by atoms with E-state index in [1.165, 1.54) is 0 Å². The van der Waals surface area contributed by atoms with Crippen LogP contribution >= 0.6 is 0 Å². The van der Waals surface area contributed by atoms with Gasteiger partial charge in [-0.25, -0.2) is 0 Å². The molecule has 0 atom stereocenters. The van der Waals surface area contributed by atoms with Crippen molar-refractivity contribution < 1.29 is 9.59 Å². The van der Waals surface area contributed by atoms with Crippen molar-refractivity contribution in [1.29, 1.82) is 0 Å². The zero-order valence-corrected chi connectivity index (χ0v) is 13.1. The van der Waals surface area contributed by atoms with Gasteiger partial charge in [0.1, 0.15) is 0 Å². The van der Waals surface area contributed by atoms with Gasteiger partial charge in [-0.15, -0.1) is 0 Å². The van der Waals surface area contributed by atoms with Crippen molar-refractivity contribution in [3.05, 3.63) is 70.3 Å². The summed E-state index contributed by atoms with van der Waals surface area (Å²) < 4.78 is 0. The first-order valence-corrected chi connectivity index (χ1v) is 7.90. The lowest BCUT2D eigenvalue weighted by atomic mass is 9.81. The summed E-state index contributed by atoms with van der Waals surface area (Å²) in [5.41, 5.74) is 3.25. The second-order valence-electron chi connectivity index (χ2n) is 6.33. The van der Waals surface area contributed by atoms with E-state index < -0.39 is 0 Å². The second-order valence-corrected chi connectivity index (χ2v) is 6.33. The van der Waals surface area contributed by atoms with Crippen LogP contribution in [0.2, 0.25) is 0 Å². The van der Waals surface area contributed by atoms with Crippen molar-refractivity contribution in [2.45, 2.75) is 33.1 Å². The summed E-state index contributed by atoms with van der Waals surface area (Å²) in [5, 5.41) is 0. The van der Waals surface area contributed by atoms with Gasteiger partial charge >= 0.3 is 0 Å². The molecule has 0 aliphatic heterocycles. The molecule has 3 rings (SSSR count). The van der Waals surface area contributed by atoms with Crippen LogP contribution in [-0.4, -0.2) is 11.6 Å². The van der Waals surface area contributed by atoms with Crippen LogP contribution in [0.4, 0.5) is 0 Å². The number of benzene rings is 2. The Morgan fingerprint density at radius 2 is 1.45 bits per heavy atom. The molecule has 2 nitrogen and oxygen atoms in total. The fourth-order valence-corrected chi connectivity index (χ4v) is 3.13. The third-order valence-corrected chi connectivity index (χ3v) is 4.27. The van der Waals surface area contributed by atoms with E-state index in [4.69, 9.17) is 0 Å². The van der Waals surface area contributed by atoms with E-state index in [0.29, 0.717) is 28.2 Å². The second kappa shape index (κ2) is 5.88. The minimum atomic E-state index is -0.0316. The summed E-state index contributed by atoms with van der Waals surface area (Å²) in [5.74, 6) is 0.610. The quantitative estimate of drug-likeness (QED) is 0.712. The summed E-state index contributed by atoms with van der Waals surface area (Å²) in [4.78, 5) is 25.5. The maximum absolute atomic E-state index is 12.8. The van der Waals surface area contributed by atoms with Crippen LogP contribution in [0.3, 0.4) is 0 Å². The number of hydrogen-bond donors (Lipinski definition) is 0. The van der Waals surface area contributed by atoms with Gasteiger partial charge in [0.15, 0.2) is 11.6 Å². The lowest BCUT2D eigenvalue weighted by Crippen LogP contribution is -2.22. The smallest absolute Gasteiger partial charge is 0.194 e. The highest BCUT2D eigenvalue weighted by atomic mass is 16.1. The fraction of sp³-hybridized carbons (Fsp3) is 0.300. The van der Waals surface area contributed by atoms with E-state index in [1.54, 1.807) is 18.2 Å². The first kappa shape index (κ1) is 14.7. The third kappa shape index (κ3) is 2.50. The molecule has 1 aliphatic carbocycles. The van der Waals surface area contributed by atoms with E-state index in [-0.39, 0.29) is 11.6 Å². The van der Waals surface area contributed by atoms with Crippen molar-refractivity contribution >= 4 is 11.6 Å². The molecule has 112 valence electrons. The van der Waals surface area contributed by atoms with Gasteiger partial charge in [0, 0.05) is 22.3 Å². The van der Waals surface area contributed by atoms with Gasteiger partial charge in [-0.1, -0.05) is 62.7 Å². The Labute approximate surface area is 131 Å². The standard InChI is InChI=1S/C20H20O2/c1-13(2)7-5-8-14-9-6-12-17-18(14)20(22)16-11-4-3-10-15(16)19(17)21/h3-4,6,9-13H,5,7-8H2,1-2H3. The van der Waals surface area contributed by atoms with E-state index in [1.807, 2.05) is 24.3 Å². The van der Waals surface area contributed by atoms with Gasteiger partial charge in [-0.05, 0) is 24.3 Å².